The minimum Gasteiger partial charge on any atom is -0.370 e. The summed E-state index contributed by atoms with van der Waals surface area (Å²) in [5.41, 5.74) is 1.03. The fourth-order valence-electron chi connectivity index (χ4n) is 1.59. The summed E-state index contributed by atoms with van der Waals surface area (Å²) in [5.74, 6) is 2.52. The molecule has 1 N–H and O–H groups in total. The summed E-state index contributed by atoms with van der Waals surface area (Å²) < 4.78 is 1.89. The highest BCUT2D eigenvalue weighted by atomic mass is 15.1. The van der Waals surface area contributed by atoms with Gasteiger partial charge in [-0.3, -0.25) is 4.57 Å². The first-order valence-corrected chi connectivity index (χ1v) is 5.29. The molecular weight excluding hydrogens is 202 g/mol. The zero-order valence-corrected chi connectivity index (χ0v) is 9.73. The lowest BCUT2D eigenvalue weighted by atomic mass is 10.3. The standard InChI is InChI=1S/C11H15N5/c1-4-13-10-8(2)11(15-9(3)14-10)16-6-5-12-7-16/h5-7H,4H2,1-3H3,(H,13,14,15). The predicted molar refractivity (Wildman–Crippen MR) is 62.8 cm³/mol. The highest BCUT2D eigenvalue weighted by Gasteiger charge is 2.09. The minimum atomic E-state index is 0.755. The third-order valence-corrected chi connectivity index (χ3v) is 2.33. The second-order valence-corrected chi connectivity index (χ2v) is 3.57. The Kier molecular flexibility index (Phi) is 2.85. The van der Waals surface area contributed by atoms with Crippen LogP contribution in [0, 0.1) is 13.8 Å². The molecular formula is C11H15N5. The van der Waals surface area contributed by atoms with Gasteiger partial charge < -0.3 is 5.32 Å². The topological polar surface area (TPSA) is 55.6 Å². The number of aryl methyl sites for hydroxylation is 1. The molecule has 0 saturated heterocycles. The normalized spacial score (nSPS) is 10.4. The van der Waals surface area contributed by atoms with Crippen molar-refractivity contribution in [3.8, 4) is 5.82 Å². The Hall–Kier alpha value is -1.91. The van der Waals surface area contributed by atoms with Crippen molar-refractivity contribution in [2.75, 3.05) is 11.9 Å². The van der Waals surface area contributed by atoms with Crippen molar-refractivity contribution in [3.63, 3.8) is 0 Å². The SMILES string of the molecule is CCNc1nc(C)nc(-n2ccnc2)c1C. The summed E-state index contributed by atoms with van der Waals surface area (Å²) in [4.78, 5) is 12.8. The Morgan fingerprint density at radius 2 is 2.12 bits per heavy atom. The van der Waals surface area contributed by atoms with Crippen LogP contribution in [0.2, 0.25) is 0 Å². The summed E-state index contributed by atoms with van der Waals surface area (Å²) in [6, 6.07) is 0. The average molecular weight is 217 g/mol. The van der Waals surface area contributed by atoms with Gasteiger partial charge in [-0.25, -0.2) is 15.0 Å². The van der Waals surface area contributed by atoms with E-state index < -0.39 is 0 Å². The van der Waals surface area contributed by atoms with Gasteiger partial charge in [0, 0.05) is 24.5 Å². The molecule has 0 aliphatic rings. The van der Waals surface area contributed by atoms with Crippen molar-refractivity contribution in [2.24, 2.45) is 0 Å². The van der Waals surface area contributed by atoms with Crippen molar-refractivity contribution in [1.82, 2.24) is 19.5 Å². The molecule has 0 amide bonds. The molecule has 0 aliphatic heterocycles. The first-order valence-electron chi connectivity index (χ1n) is 5.29. The molecule has 0 spiro atoms. The lowest BCUT2D eigenvalue weighted by Crippen LogP contribution is -2.08. The molecule has 0 aromatic carbocycles. The summed E-state index contributed by atoms with van der Waals surface area (Å²) in [5, 5.41) is 3.23. The molecule has 2 rings (SSSR count). The average Bonchev–Trinajstić information content (AvgIpc) is 2.76. The van der Waals surface area contributed by atoms with Crippen molar-refractivity contribution in [1.29, 1.82) is 0 Å². The molecule has 0 unspecified atom stereocenters. The fraction of sp³-hybridized carbons (Fsp3) is 0.364. The monoisotopic (exact) mass is 217 g/mol. The third kappa shape index (κ3) is 1.88. The van der Waals surface area contributed by atoms with E-state index >= 15 is 0 Å². The molecule has 0 aliphatic carbocycles. The molecule has 5 heteroatoms. The van der Waals surface area contributed by atoms with Crippen LogP contribution < -0.4 is 5.32 Å². The molecule has 0 radical (unpaired) electrons. The quantitative estimate of drug-likeness (QED) is 0.850. The first kappa shape index (κ1) is 10.6. The number of aromatic nitrogens is 4. The molecule has 16 heavy (non-hydrogen) atoms. The van der Waals surface area contributed by atoms with Crippen LogP contribution in [-0.2, 0) is 0 Å². The van der Waals surface area contributed by atoms with E-state index in [0.29, 0.717) is 0 Å². The Balaban J connectivity index is 2.53. The molecule has 0 saturated carbocycles. The van der Waals surface area contributed by atoms with Gasteiger partial charge in [0.2, 0.25) is 0 Å². The Labute approximate surface area is 94.6 Å². The van der Waals surface area contributed by atoms with E-state index in [9.17, 15) is 0 Å². The van der Waals surface area contributed by atoms with Gasteiger partial charge in [-0.1, -0.05) is 0 Å². The highest BCUT2D eigenvalue weighted by molar-refractivity contribution is 5.51. The van der Waals surface area contributed by atoms with Crippen LogP contribution in [0.1, 0.15) is 18.3 Å². The maximum absolute atomic E-state index is 4.43. The van der Waals surface area contributed by atoms with Gasteiger partial charge in [0.1, 0.15) is 23.8 Å². The molecule has 2 aromatic rings. The van der Waals surface area contributed by atoms with Gasteiger partial charge in [0.15, 0.2) is 0 Å². The van der Waals surface area contributed by atoms with E-state index in [2.05, 4.69) is 20.3 Å². The van der Waals surface area contributed by atoms with E-state index in [-0.39, 0.29) is 0 Å². The van der Waals surface area contributed by atoms with E-state index in [1.165, 1.54) is 0 Å². The van der Waals surface area contributed by atoms with Crippen molar-refractivity contribution < 1.29 is 0 Å². The molecule has 2 aromatic heterocycles. The lowest BCUT2D eigenvalue weighted by molar-refractivity contribution is 0.915. The molecule has 0 atom stereocenters. The smallest absolute Gasteiger partial charge is 0.146 e. The van der Waals surface area contributed by atoms with Gasteiger partial charge in [0.25, 0.3) is 0 Å². The van der Waals surface area contributed by atoms with E-state index in [0.717, 1.165) is 29.6 Å². The van der Waals surface area contributed by atoms with Gasteiger partial charge in [-0.2, -0.15) is 0 Å². The third-order valence-electron chi connectivity index (χ3n) is 2.33. The Morgan fingerprint density at radius 3 is 2.75 bits per heavy atom. The highest BCUT2D eigenvalue weighted by Crippen LogP contribution is 2.18. The van der Waals surface area contributed by atoms with Crippen molar-refractivity contribution >= 4 is 5.82 Å². The summed E-state index contributed by atoms with van der Waals surface area (Å²) in [6.45, 7) is 6.79. The van der Waals surface area contributed by atoms with Crippen LogP contribution >= 0.6 is 0 Å². The zero-order valence-electron chi connectivity index (χ0n) is 9.73. The zero-order chi connectivity index (χ0) is 11.5. The number of nitrogens with zero attached hydrogens (tertiary/aromatic N) is 4. The summed E-state index contributed by atoms with van der Waals surface area (Å²) in [7, 11) is 0. The molecule has 5 nitrogen and oxygen atoms in total. The van der Waals surface area contributed by atoms with E-state index in [1.54, 1.807) is 12.5 Å². The fourth-order valence-corrected chi connectivity index (χ4v) is 1.59. The van der Waals surface area contributed by atoms with E-state index in [4.69, 9.17) is 0 Å². The Bertz CT molecular complexity index is 475. The number of anilines is 1. The van der Waals surface area contributed by atoms with Crippen LogP contribution in [0.15, 0.2) is 18.7 Å². The Morgan fingerprint density at radius 1 is 1.31 bits per heavy atom. The molecule has 2 heterocycles. The number of nitrogens with one attached hydrogen (secondary N) is 1. The van der Waals surface area contributed by atoms with Gasteiger partial charge in [-0.05, 0) is 20.8 Å². The lowest BCUT2D eigenvalue weighted by Gasteiger charge is -2.11. The number of rotatable bonds is 3. The van der Waals surface area contributed by atoms with E-state index in [1.807, 2.05) is 31.5 Å². The second kappa shape index (κ2) is 4.30. The van der Waals surface area contributed by atoms with Crippen LogP contribution in [0.25, 0.3) is 5.82 Å². The van der Waals surface area contributed by atoms with Crippen LogP contribution in [0.4, 0.5) is 5.82 Å². The van der Waals surface area contributed by atoms with Crippen LogP contribution in [0.5, 0.6) is 0 Å². The predicted octanol–water partition coefficient (Wildman–Crippen LogP) is 1.71. The number of hydrogen-bond acceptors (Lipinski definition) is 4. The first-order chi connectivity index (χ1) is 7.72. The van der Waals surface area contributed by atoms with Gasteiger partial charge in [0.05, 0.1) is 0 Å². The van der Waals surface area contributed by atoms with Gasteiger partial charge >= 0.3 is 0 Å². The molecule has 84 valence electrons. The maximum Gasteiger partial charge on any atom is 0.146 e. The van der Waals surface area contributed by atoms with Crippen molar-refractivity contribution in [3.05, 3.63) is 30.1 Å². The van der Waals surface area contributed by atoms with Gasteiger partial charge in [-0.15, -0.1) is 0 Å². The number of imidazole rings is 1. The van der Waals surface area contributed by atoms with Crippen LogP contribution in [0.3, 0.4) is 0 Å². The largest absolute Gasteiger partial charge is 0.370 e. The molecule has 0 bridgehead atoms. The number of hydrogen-bond donors (Lipinski definition) is 1. The molecule has 0 fully saturated rings. The maximum atomic E-state index is 4.43. The minimum absolute atomic E-state index is 0.755. The summed E-state index contributed by atoms with van der Waals surface area (Å²) >= 11 is 0. The van der Waals surface area contributed by atoms with Crippen molar-refractivity contribution in [2.45, 2.75) is 20.8 Å². The van der Waals surface area contributed by atoms with Crippen LogP contribution in [-0.4, -0.2) is 26.1 Å². The summed E-state index contributed by atoms with van der Waals surface area (Å²) in [6.07, 6.45) is 5.36. The second-order valence-electron chi connectivity index (χ2n) is 3.57.